The first-order valence-electron chi connectivity index (χ1n) is 10.7. The minimum absolute atomic E-state index is 0.260. The monoisotopic (exact) mass is 438 g/mol. The van der Waals surface area contributed by atoms with Gasteiger partial charge in [-0.2, -0.15) is 0 Å². The number of amides is 2. The maximum absolute atomic E-state index is 12.8. The summed E-state index contributed by atoms with van der Waals surface area (Å²) >= 11 is 0. The van der Waals surface area contributed by atoms with Gasteiger partial charge in [-0.25, -0.2) is 0 Å². The Bertz CT molecular complexity index is 931. The van der Waals surface area contributed by atoms with E-state index < -0.39 is 42.3 Å². The number of carbonyl (C=O) groups excluding carboxylic acids is 2. The van der Waals surface area contributed by atoms with Gasteiger partial charge in [0.05, 0.1) is 11.2 Å². The molecule has 1 heterocycles. The fraction of sp³-hybridized carbons (Fsp3) is 0.417. The van der Waals surface area contributed by atoms with Gasteiger partial charge in [-0.05, 0) is 44.3 Å². The van der Waals surface area contributed by atoms with E-state index in [1.807, 2.05) is 70.2 Å². The average molecular weight is 438 g/mol. The molecule has 7 nitrogen and oxygen atoms in total. The topological polar surface area (TPSA) is 99.9 Å². The Hall–Kier alpha value is -2.68. The number of ether oxygens (including phenoxy) is 1. The summed E-state index contributed by atoms with van der Waals surface area (Å²) in [6.45, 7) is 8.02. The largest absolute Gasteiger partial charge is 0.494 e. The molecular formula is C24H31BN2O5. The highest BCUT2D eigenvalue weighted by Gasteiger charge is 2.51. The van der Waals surface area contributed by atoms with E-state index >= 15 is 0 Å². The molecule has 1 saturated heterocycles. The Morgan fingerprint density at radius 1 is 1.00 bits per heavy atom. The van der Waals surface area contributed by atoms with Crippen LogP contribution in [0.3, 0.4) is 0 Å². The van der Waals surface area contributed by atoms with E-state index in [-0.39, 0.29) is 6.42 Å². The Morgan fingerprint density at radius 2 is 1.56 bits per heavy atom. The standard InChI is InChI=1S/C24H31BN2O5/c1-23(2)24(3,4)32-25(31-23)18-13-11-16(12-14-18)15-19(21(26)28)27-22(29)20(30-5)17-9-7-6-8-10-17/h6-14,19-20H,15H2,1-5H3,(H2,26,28)(H,27,29)/t19-,20-/m1/s1. The second kappa shape index (κ2) is 9.44. The van der Waals surface area contributed by atoms with E-state index in [0.29, 0.717) is 5.56 Å². The van der Waals surface area contributed by atoms with Gasteiger partial charge in [0.1, 0.15) is 6.04 Å². The molecule has 0 spiro atoms. The van der Waals surface area contributed by atoms with Gasteiger partial charge in [0.2, 0.25) is 5.91 Å². The van der Waals surface area contributed by atoms with E-state index in [1.54, 1.807) is 12.1 Å². The number of hydrogen-bond acceptors (Lipinski definition) is 5. The van der Waals surface area contributed by atoms with Crippen molar-refractivity contribution < 1.29 is 23.6 Å². The van der Waals surface area contributed by atoms with Gasteiger partial charge >= 0.3 is 7.12 Å². The first kappa shape index (κ1) is 24.0. The normalized spacial score (nSPS) is 18.7. The van der Waals surface area contributed by atoms with Crippen LogP contribution in [0.25, 0.3) is 0 Å². The van der Waals surface area contributed by atoms with Crippen LogP contribution in [0.5, 0.6) is 0 Å². The minimum atomic E-state index is -0.869. The number of nitrogens with one attached hydrogen (secondary N) is 1. The molecule has 1 aliphatic rings. The third-order valence-corrected chi connectivity index (χ3v) is 6.18. The van der Waals surface area contributed by atoms with Crippen molar-refractivity contribution in [2.45, 2.75) is 57.5 Å². The highest BCUT2D eigenvalue weighted by molar-refractivity contribution is 6.62. The van der Waals surface area contributed by atoms with Crippen molar-refractivity contribution in [2.75, 3.05) is 7.11 Å². The van der Waals surface area contributed by atoms with Crippen molar-refractivity contribution in [1.82, 2.24) is 5.32 Å². The van der Waals surface area contributed by atoms with Gasteiger partial charge in [-0.1, -0.05) is 54.6 Å². The molecule has 170 valence electrons. The van der Waals surface area contributed by atoms with Gasteiger partial charge < -0.3 is 25.1 Å². The van der Waals surface area contributed by atoms with Gasteiger partial charge in [0, 0.05) is 13.5 Å². The maximum Gasteiger partial charge on any atom is 0.494 e. The molecule has 1 aliphatic heterocycles. The van der Waals surface area contributed by atoms with Crippen molar-refractivity contribution in [3.8, 4) is 0 Å². The first-order valence-corrected chi connectivity index (χ1v) is 10.7. The van der Waals surface area contributed by atoms with Crippen LogP contribution in [0.1, 0.15) is 44.9 Å². The lowest BCUT2D eigenvalue weighted by atomic mass is 9.78. The molecule has 1 fully saturated rings. The van der Waals surface area contributed by atoms with E-state index in [9.17, 15) is 9.59 Å². The van der Waals surface area contributed by atoms with Crippen LogP contribution >= 0.6 is 0 Å². The summed E-state index contributed by atoms with van der Waals surface area (Å²) in [5.41, 5.74) is 7.15. The number of methoxy groups -OCH3 is 1. The summed E-state index contributed by atoms with van der Waals surface area (Å²) in [7, 11) is 0.986. The lowest BCUT2D eigenvalue weighted by Crippen LogP contribution is -2.47. The fourth-order valence-electron chi connectivity index (χ4n) is 3.52. The number of carbonyl (C=O) groups is 2. The van der Waals surface area contributed by atoms with Crippen molar-refractivity contribution in [3.63, 3.8) is 0 Å². The first-order chi connectivity index (χ1) is 15.0. The third-order valence-electron chi connectivity index (χ3n) is 6.18. The molecule has 2 aromatic rings. The van der Waals surface area contributed by atoms with Crippen molar-refractivity contribution >= 4 is 24.4 Å². The Kier molecular flexibility index (Phi) is 7.08. The SMILES string of the molecule is CO[C@@H](C(=O)N[C@H](Cc1ccc(B2OC(C)(C)C(C)(C)O2)cc1)C(N)=O)c1ccccc1. The summed E-state index contributed by atoms with van der Waals surface area (Å²) in [5.74, 6) is -1.03. The smallest absolute Gasteiger partial charge is 0.399 e. The molecule has 2 amide bonds. The molecule has 0 bridgehead atoms. The molecule has 0 saturated carbocycles. The van der Waals surface area contributed by atoms with Gasteiger partial charge in [0.15, 0.2) is 6.10 Å². The number of primary amides is 1. The molecule has 32 heavy (non-hydrogen) atoms. The van der Waals surface area contributed by atoms with E-state index in [2.05, 4.69) is 5.32 Å². The van der Waals surface area contributed by atoms with E-state index in [4.69, 9.17) is 19.8 Å². The van der Waals surface area contributed by atoms with Crippen LogP contribution < -0.4 is 16.5 Å². The average Bonchev–Trinajstić information content (AvgIpc) is 2.96. The van der Waals surface area contributed by atoms with Crippen molar-refractivity contribution in [3.05, 3.63) is 65.7 Å². The Labute approximate surface area is 189 Å². The number of nitrogens with two attached hydrogens (primary N) is 1. The van der Waals surface area contributed by atoms with E-state index in [0.717, 1.165) is 11.0 Å². The summed E-state index contributed by atoms with van der Waals surface area (Å²) in [4.78, 5) is 24.8. The van der Waals surface area contributed by atoms with Gasteiger partial charge in [0.25, 0.3) is 5.91 Å². The van der Waals surface area contributed by atoms with Crippen LogP contribution in [0, 0.1) is 0 Å². The predicted molar refractivity (Wildman–Crippen MR) is 123 cm³/mol. The van der Waals surface area contributed by atoms with Crippen molar-refractivity contribution in [1.29, 1.82) is 0 Å². The highest BCUT2D eigenvalue weighted by Crippen LogP contribution is 2.36. The second-order valence-electron chi connectivity index (χ2n) is 9.02. The molecule has 2 atom stereocenters. The zero-order valence-corrected chi connectivity index (χ0v) is 19.3. The number of rotatable bonds is 8. The van der Waals surface area contributed by atoms with Crippen LogP contribution in [0.2, 0.25) is 0 Å². The number of benzene rings is 2. The summed E-state index contributed by atoms with van der Waals surface area (Å²) in [6.07, 6.45) is -0.570. The van der Waals surface area contributed by atoms with Crippen LogP contribution in [-0.4, -0.2) is 43.3 Å². The molecule has 0 unspecified atom stereocenters. The minimum Gasteiger partial charge on any atom is -0.399 e. The van der Waals surface area contributed by atoms with Gasteiger partial charge in [-0.3, -0.25) is 9.59 Å². The Balaban J connectivity index is 1.68. The number of hydrogen-bond donors (Lipinski definition) is 2. The molecule has 2 aromatic carbocycles. The zero-order valence-electron chi connectivity index (χ0n) is 19.3. The molecule has 3 rings (SSSR count). The van der Waals surface area contributed by atoms with Crippen LogP contribution in [0.15, 0.2) is 54.6 Å². The summed E-state index contributed by atoms with van der Waals surface area (Å²) in [5, 5.41) is 2.72. The van der Waals surface area contributed by atoms with E-state index in [1.165, 1.54) is 7.11 Å². The molecule has 0 aromatic heterocycles. The lowest BCUT2D eigenvalue weighted by molar-refractivity contribution is -0.134. The third kappa shape index (κ3) is 5.20. The van der Waals surface area contributed by atoms with Gasteiger partial charge in [-0.15, -0.1) is 0 Å². The molecule has 8 heteroatoms. The quantitative estimate of drug-likeness (QED) is 0.614. The second-order valence-corrected chi connectivity index (χ2v) is 9.02. The maximum atomic E-state index is 12.8. The van der Waals surface area contributed by atoms with Crippen LogP contribution in [0.4, 0.5) is 0 Å². The molecular weight excluding hydrogens is 407 g/mol. The highest BCUT2D eigenvalue weighted by atomic mass is 16.7. The zero-order chi connectivity index (χ0) is 23.5. The lowest BCUT2D eigenvalue weighted by Gasteiger charge is -2.32. The molecule has 0 radical (unpaired) electrons. The van der Waals surface area contributed by atoms with Crippen molar-refractivity contribution in [2.24, 2.45) is 5.73 Å². The molecule has 0 aliphatic carbocycles. The summed E-state index contributed by atoms with van der Waals surface area (Å²) in [6, 6.07) is 15.8. The Morgan fingerprint density at radius 3 is 2.06 bits per heavy atom. The predicted octanol–water partition coefficient (Wildman–Crippen LogP) is 1.89. The summed E-state index contributed by atoms with van der Waals surface area (Å²) < 4.78 is 17.5. The molecule has 3 N–H and O–H groups in total. The fourth-order valence-corrected chi connectivity index (χ4v) is 3.52. The van der Waals surface area contributed by atoms with Crippen LogP contribution in [-0.2, 0) is 30.1 Å².